The third-order valence-corrected chi connectivity index (χ3v) is 5.14. The molecule has 0 aliphatic carbocycles. The van der Waals surface area contributed by atoms with Crippen LogP contribution in [0.15, 0.2) is 70.2 Å². The Kier molecular flexibility index (Phi) is 12.5. The van der Waals surface area contributed by atoms with Gasteiger partial charge in [-0.1, -0.05) is 0 Å². The minimum atomic E-state index is -1.67. The molecule has 0 unspecified atom stereocenters. The Morgan fingerprint density at radius 3 is 1.50 bits per heavy atom. The topological polar surface area (TPSA) is 175 Å². The van der Waals surface area contributed by atoms with Gasteiger partial charge in [0.15, 0.2) is 5.78 Å². The number of nitrogens with zero attached hydrogens (tertiary/aromatic N) is 4. The lowest BCUT2D eigenvalue weighted by atomic mass is 10.1. The Morgan fingerprint density at radius 2 is 1.20 bits per heavy atom. The van der Waals surface area contributed by atoms with E-state index in [9.17, 15) is 19.2 Å². The van der Waals surface area contributed by atoms with Gasteiger partial charge in [0.1, 0.15) is 0 Å². The van der Waals surface area contributed by atoms with Crippen LogP contribution in [0.1, 0.15) is 51.9 Å². The Bertz CT molecular complexity index is 1330. The molecule has 0 saturated heterocycles. The van der Waals surface area contributed by atoms with Crippen LogP contribution in [0, 0.1) is 0 Å². The van der Waals surface area contributed by atoms with Gasteiger partial charge in [-0.25, -0.2) is 18.6 Å². The van der Waals surface area contributed by atoms with Crippen LogP contribution < -0.4 is 0 Å². The molecule has 2 aromatic heterocycles. The minimum absolute atomic E-state index is 0.0317. The first-order valence-electron chi connectivity index (χ1n) is 11.1. The number of hydrogen-bond acceptors (Lipinski definition) is 11. The molecule has 0 spiro atoms. The van der Waals surface area contributed by atoms with Crippen molar-refractivity contribution in [1.82, 2.24) is 9.97 Å². The number of pyridine rings is 2. The highest BCUT2D eigenvalue weighted by Gasteiger charge is 2.20. The third-order valence-electron chi connectivity index (χ3n) is 5.14. The summed E-state index contributed by atoms with van der Waals surface area (Å²) >= 11 is 0. The molecule has 0 saturated carbocycles. The first-order chi connectivity index (χ1) is 19.0. The van der Waals surface area contributed by atoms with E-state index in [1.807, 2.05) is 0 Å². The summed E-state index contributed by atoms with van der Waals surface area (Å²) in [5.74, 6) is -1.86. The predicted octanol–water partition coefficient (Wildman–Crippen LogP) is 3.61. The summed E-state index contributed by atoms with van der Waals surface area (Å²) in [5.41, 5.74) is 4.15. The number of aromatic carboxylic acids is 1. The van der Waals surface area contributed by atoms with Gasteiger partial charge < -0.3 is 14.6 Å². The van der Waals surface area contributed by atoms with Crippen molar-refractivity contribution < 1.29 is 38.0 Å². The first-order valence-corrected chi connectivity index (χ1v) is 13.9. The molecule has 2 aliphatic heterocycles. The fraction of sp³-hybridized carbons (Fsp3) is 0.200. The van der Waals surface area contributed by atoms with E-state index < -0.39 is 21.2 Å². The van der Waals surface area contributed by atoms with Gasteiger partial charge >= 0.3 is 17.9 Å². The lowest BCUT2D eigenvalue weighted by molar-refractivity contribution is -0.137. The predicted molar refractivity (Wildman–Crippen MR) is 148 cm³/mol. The van der Waals surface area contributed by atoms with E-state index in [0.717, 1.165) is 0 Å². The van der Waals surface area contributed by atoms with Crippen LogP contribution in [0.4, 0.5) is 0 Å². The van der Waals surface area contributed by atoms with Crippen molar-refractivity contribution in [2.75, 3.05) is 14.2 Å². The maximum atomic E-state index is 11.3. The number of rotatable bonds is 6. The first kappa shape index (κ1) is 32.1. The normalized spacial score (nSPS) is 13.3. The molecule has 0 atom stereocenters. The lowest BCUT2D eigenvalue weighted by Crippen LogP contribution is -2.08. The second-order valence-electron chi connectivity index (χ2n) is 7.71. The van der Waals surface area contributed by atoms with Gasteiger partial charge in [0.2, 0.25) is 9.23 Å². The quantitative estimate of drug-likeness (QED) is 0.289. The van der Waals surface area contributed by atoms with Crippen LogP contribution in [0.5, 0.6) is 0 Å². The molecular weight excluding hydrogens is 587 g/mol. The number of esters is 2. The average Bonchev–Trinajstić information content (AvgIpc) is 3.63. The van der Waals surface area contributed by atoms with Crippen LogP contribution in [0.3, 0.4) is 0 Å². The van der Waals surface area contributed by atoms with E-state index in [2.05, 4.69) is 50.8 Å². The second kappa shape index (κ2) is 15.5. The number of hydrogen-bond donors (Lipinski definition) is 1. The number of ether oxygens (including phenoxy) is 2. The van der Waals surface area contributed by atoms with Gasteiger partial charge in [0, 0.05) is 64.6 Å². The number of carboxylic acids is 1. The summed E-state index contributed by atoms with van der Waals surface area (Å²) in [5, 5.41) is 8.75. The number of carbonyl (C=O) groups is 4. The van der Waals surface area contributed by atoms with Crippen molar-refractivity contribution in [1.29, 1.82) is 0 Å². The molecule has 0 bridgehead atoms. The molecule has 40 heavy (non-hydrogen) atoms. The van der Waals surface area contributed by atoms with Gasteiger partial charge in [-0.15, -0.1) is 0 Å². The Labute approximate surface area is 239 Å². The van der Waals surface area contributed by atoms with Crippen molar-refractivity contribution in [2.24, 2.45) is 9.98 Å². The van der Waals surface area contributed by atoms with Gasteiger partial charge in [-0.05, 0) is 31.2 Å². The van der Waals surface area contributed by atoms with Crippen molar-refractivity contribution >= 4 is 65.7 Å². The largest absolute Gasteiger partial charge is 0.478 e. The van der Waals surface area contributed by atoms with Gasteiger partial charge in [-0.3, -0.25) is 24.7 Å². The maximum absolute atomic E-state index is 11.3. The number of carbonyl (C=O) groups excluding carboxylic acids is 3. The van der Waals surface area contributed by atoms with Crippen molar-refractivity contribution in [2.45, 2.75) is 19.8 Å². The summed E-state index contributed by atoms with van der Waals surface area (Å²) in [7, 11) is 10.00. The summed E-state index contributed by atoms with van der Waals surface area (Å²) in [6.07, 6.45) is 6.44. The average molecular weight is 609 g/mol. The maximum Gasteiger partial charge on any atom is 0.337 e. The number of aliphatic imine (C=N–C) groups is 2. The minimum Gasteiger partial charge on any atom is -0.478 e. The zero-order chi connectivity index (χ0) is 29.8. The molecule has 2 aliphatic rings. The highest BCUT2D eigenvalue weighted by molar-refractivity contribution is 8.26. The van der Waals surface area contributed by atoms with Gasteiger partial charge in [0.25, 0.3) is 0 Å². The number of halogens is 2. The van der Waals surface area contributed by atoms with Crippen molar-refractivity contribution in [3.05, 3.63) is 82.7 Å². The molecule has 12 nitrogen and oxygen atoms in total. The van der Waals surface area contributed by atoms with E-state index in [1.165, 1.54) is 52.0 Å². The highest BCUT2D eigenvalue weighted by atomic mass is 36.0. The molecule has 0 aromatic carbocycles. The molecule has 1 N–H and O–H groups in total. The summed E-state index contributed by atoms with van der Waals surface area (Å²) in [6, 6.07) is 6.44. The molecule has 2 aromatic rings. The number of aromatic nitrogens is 2. The number of Topliss-reactive ketones (excluding diaryl/α,β-unsaturated/α-hetero) is 1. The van der Waals surface area contributed by atoms with Gasteiger partial charge in [-0.2, -0.15) is 0 Å². The van der Waals surface area contributed by atoms with Crippen LogP contribution in [0.25, 0.3) is 0 Å². The van der Waals surface area contributed by atoms with E-state index in [0.29, 0.717) is 52.4 Å². The zero-order valence-electron chi connectivity index (χ0n) is 21.3. The fourth-order valence-electron chi connectivity index (χ4n) is 3.14. The molecular formula is C25H22Cl2N4O8S. The molecule has 0 fully saturated rings. The van der Waals surface area contributed by atoms with E-state index >= 15 is 0 Å². The second-order valence-corrected chi connectivity index (χ2v) is 10.2. The Balaban J connectivity index is 0.000000247. The third kappa shape index (κ3) is 9.59. The van der Waals surface area contributed by atoms with Crippen molar-refractivity contribution in [3.63, 3.8) is 0 Å². The molecule has 0 radical (unpaired) electrons. The lowest BCUT2D eigenvalue weighted by Gasteiger charge is -2.02. The number of methoxy groups -OCH3 is 2. The standard InChI is InChI=1S/C13H12N2O3.C12H10N2O4.Cl2OS/c1-8(16)9-3-4-11(14-6-9)12-5-10(7-15-12)13(17)18-2;1-18-12(17)8-4-10(14-6-8)9-3-2-7(5-13-9)11(15)16;1-4(2)3/h3-4,6-7H,5H2,1-2H3;2-3,5-6H,4H2,1H3,(H,15,16);. The van der Waals surface area contributed by atoms with Gasteiger partial charge in [0.05, 0.1) is 53.7 Å². The SMILES string of the molecule is COC(=O)C1=CN=C(c2ccc(C(=O)O)cn2)C1.COC(=O)C1=CN=C(c2ccc(C(C)=O)cn2)C1.O=S(Cl)Cl. The molecule has 210 valence electrons. The summed E-state index contributed by atoms with van der Waals surface area (Å²) in [6.45, 7) is 1.49. The molecule has 0 amide bonds. The molecule has 4 rings (SSSR count). The fourth-order valence-corrected chi connectivity index (χ4v) is 3.14. The highest BCUT2D eigenvalue weighted by Crippen LogP contribution is 2.18. The smallest absolute Gasteiger partial charge is 0.337 e. The van der Waals surface area contributed by atoms with E-state index in [-0.39, 0.29) is 17.3 Å². The summed E-state index contributed by atoms with van der Waals surface area (Å²) < 4.78 is 18.3. The number of ketones is 1. The molecule has 4 heterocycles. The van der Waals surface area contributed by atoms with E-state index in [4.69, 9.17) is 9.32 Å². The van der Waals surface area contributed by atoms with Crippen LogP contribution in [-0.4, -0.2) is 68.6 Å². The van der Waals surface area contributed by atoms with Crippen LogP contribution in [0.2, 0.25) is 0 Å². The van der Waals surface area contributed by atoms with E-state index in [1.54, 1.807) is 18.2 Å². The monoisotopic (exact) mass is 608 g/mol. The van der Waals surface area contributed by atoms with Crippen LogP contribution in [-0.2, 0) is 28.3 Å². The Morgan fingerprint density at radius 1 is 0.800 bits per heavy atom. The summed E-state index contributed by atoms with van der Waals surface area (Å²) in [4.78, 5) is 60.7. The Hall–Kier alpha value is -4.07. The molecule has 15 heteroatoms. The van der Waals surface area contributed by atoms with Crippen LogP contribution >= 0.6 is 21.4 Å². The van der Waals surface area contributed by atoms with Crippen molar-refractivity contribution in [3.8, 4) is 0 Å². The number of carboxylic acid groups (broad SMARTS) is 1. The zero-order valence-corrected chi connectivity index (χ0v) is 23.6.